The Hall–Kier alpha value is -2.94. The van der Waals surface area contributed by atoms with Crippen LogP contribution >= 0.6 is 0 Å². The number of rotatable bonds is 4. The molecule has 1 heterocycles. The van der Waals surface area contributed by atoms with Crippen molar-refractivity contribution in [3.05, 3.63) is 29.1 Å². The first-order valence-electron chi connectivity index (χ1n) is 6.95. The third kappa shape index (κ3) is 2.73. The number of aromatic nitrogens is 1. The standard InChI is InChI=1S/C17H19N3O3/c1-9-12(8-18)15(16(19)10(2)20-9)11-6-13(21-3)17(23-5)14(7-11)22-4/h6-7H,19H2,1-5H3. The molecular weight excluding hydrogens is 294 g/mol. The lowest BCUT2D eigenvalue weighted by Gasteiger charge is -2.17. The van der Waals surface area contributed by atoms with Gasteiger partial charge in [0.15, 0.2) is 11.5 Å². The number of benzene rings is 1. The van der Waals surface area contributed by atoms with E-state index in [1.54, 1.807) is 33.3 Å². The van der Waals surface area contributed by atoms with Crippen molar-refractivity contribution in [3.8, 4) is 34.4 Å². The van der Waals surface area contributed by atoms with Gasteiger partial charge >= 0.3 is 0 Å². The predicted octanol–water partition coefficient (Wildman–Crippen LogP) is 2.85. The molecule has 0 spiro atoms. The van der Waals surface area contributed by atoms with Gasteiger partial charge in [-0.25, -0.2) is 0 Å². The number of pyridine rings is 1. The number of anilines is 1. The third-order valence-corrected chi connectivity index (χ3v) is 3.67. The molecule has 0 radical (unpaired) electrons. The highest BCUT2D eigenvalue weighted by Crippen LogP contribution is 2.43. The van der Waals surface area contributed by atoms with Crippen molar-refractivity contribution < 1.29 is 14.2 Å². The summed E-state index contributed by atoms with van der Waals surface area (Å²) < 4.78 is 16.1. The summed E-state index contributed by atoms with van der Waals surface area (Å²) in [7, 11) is 4.62. The summed E-state index contributed by atoms with van der Waals surface area (Å²) in [6.07, 6.45) is 0. The number of methoxy groups -OCH3 is 3. The SMILES string of the molecule is COc1cc(-c2c(N)c(C)nc(C)c2C#N)cc(OC)c1OC. The molecule has 2 aromatic rings. The van der Waals surface area contributed by atoms with Crippen molar-refractivity contribution in [3.63, 3.8) is 0 Å². The van der Waals surface area contributed by atoms with Crippen LogP contribution in [0.25, 0.3) is 11.1 Å². The minimum atomic E-state index is 0.433. The van der Waals surface area contributed by atoms with Crippen molar-refractivity contribution in [2.24, 2.45) is 0 Å². The maximum atomic E-state index is 9.50. The summed E-state index contributed by atoms with van der Waals surface area (Å²) >= 11 is 0. The number of hydrogen-bond acceptors (Lipinski definition) is 6. The van der Waals surface area contributed by atoms with Crippen LogP contribution < -0.4 is 19.9 Å². The van der Waals surface area contributed by atoms with Crippen LogP contribution in [-0.2, 0) is 0 Å². The molecule has 0 aliphatic rings. The maximum Gasteiger partial charge on any atom is 0.203 e. The molecular formula is C17H19N3O3. The summed E-state index contributed by atoms with van der Waals surface area (Å²) in [5.74, 6) is 1.48. The quantitative estimate of drug-likeness (QED) is 0.933. The lowest BCUT2D eigenvalue weighted by molar-refractivity contribution is 0.324. The van der Waals surface area contributed by atoms with Gasteiger partial charge in [0.1, 0.15) is 6.07 Å². The van der Waals surface area contributed by atoms with Crippen LogP contribution in [0.5, 0.6) is 17.2 Å². The van der Waals surface area contributed by atoms with Gasteiger partial charge in [0.05, 0.1) is 44.0 Å². The van der Waals surface area contributed by atoms with Crippen LogP contribution in [0.4, 0.5) is 5.69 Å². The molecule has 23 heavy (non-hydrogen) atoms. The van der Waals surface area contributed by atoms with Crippen LogP contribution in [0, 0.1) is 25.2 Å². The van der Waals surface area contributed by atoms with Gasteiger partial charge in [0, 0.05) is 5.56 Å². The van der Waals surface area contributed by atoms with Gasteiger partial charge in [0.2, 0.25) is 5.75 Å². The highest BCUT2D eigenvalue weighted by atomic mass is 16.5. The van der Waals surface area contributed by atoms with Gasteiger partial charge in [-0.3, -0.25) is 4.98 Å². The fraction of sp³-hybridized carbons (Fsp3) is 0.294. The Kier molecular flexibility index (Phi) is 4.60. The van der Waals surface area contributed by atoms with Gasteiger partial charge in [-0.1, -0.05) is 0 Å². The zero-order valence-corrected chi connectivity index (χ0v) is 13.9. The molecule has 0 saturated carbocycles. The van der Waals surface area contributed by atoms with Gasteiger partial charge in [-0.05, 0) is 31.5 Å². The topological polar surface area (TPSA) is 90.4 Å². The fourth-order valence-electron chi connectivity index (χ4n) is 2.53. The molecule has 120 valence electrons. The first kappa shape index (κ1) is 16.4. The molecule has 2 N–H and O–H groups in total. The van der Waals surface area contributed by atoms with Crippen molar-refractivity contribution in [2.75, 3.05) is 27.1 Å². The number of nitriles is 1. The smallest absolute Gasteiger partial charge is 0.203 e. The van der Waals surface area contributed by atoms with Crippen LogP contribution in [0.2, 0.25) is 0 Å². The van der Waals surface area contributed by atoms with E-state index >= 15 is 0 Å². The van der Waals surface area contributed by atoms with E-state index in [1.165, 1.54) is 7.11 Å². The Bertz CT molecular complexity index is 770. The first-order valence-corrected chi connectivity index (χ1v) is 6.95. The molecule has 0 bridgehead atoms. The van der Waals surface area contributed by atoms with E-state index in [-0.39, 0.29) is 0 Å². The Morgan fingerprint density at radius 2 is 1.57 bits per heavy atom. The number of aryl methyl sites for hydroxylation is 2. The zero-order chi connectivity index (χ0) is 17.1. The Morgan fingerprint density at radius 3 is 2.00 bits per heavy atom. The van der Waals surface area contributed by atoms with E-state index in [0.29, 0.717) is 51.0 Å². The summed E-state index contributed by atoms with van der Waals surface area (Å²) in [5, 5.41) is 9.50. The number of hydrogen-bond donors (Lipinski definition) is 1. The molecule has 0 aliphatic heterocycles. The molecule has 0 amide bonds. The van der Waals surface area contributed by atoms with Gasteiger partial charge < -0.3 is 19.9 Å². The van der Waals surface area contributed by atoms with Crippen molar-refractivity contribution in [1.29, 1.82) is 5.26 Å². The van der Waals surface area contributed by atoms with Crippen LogP contribution in [-0.4, -0.2) is 26.3 Å². The van der Waals surface area contributed by atoms with Gasteiger partial charge in [0.25, 0.3) is 0 Å². The molecule has 0 atom stereocenters. The van der Waals surface area contributed by atoms with Gasteiger partial charge in [-0.15, -0.1) is 0 Å². The molecule has 6 nitrogen and oxygen atoms in total. The third-order valence-electron chi connectivity index (χ3n) is 3.67. The summed E-state index contributed by atoms with van der Waals surface area (Å²) in [4.78, 5) is 4.31. The highest BCUT2D eigenvalue weighted by Gasteiger charge is 2.20. The van der Waals surface area contributed by atoms with Crippen molar-refractivity contribution in [1.82, 2.24) is 4.98 Å². The largest absolute Gasteiger partial charge is 0.493 e. The van der Waals surface area contributed by atoms with E-state index in [0.717, 1.165) is 0 Å². The Morgan fingerprint density at radius 1 is 1.00 bits per heavy atom. The monoisotopic (exact) mass is 313 g/mol. The second-order valence-electron chi connectivity index (χ2n) is 4.97. The Labute approximate surface area is 135 Å². The lowest BCUT2D eigenvalue weighted by Crippen LogP contribution is -2.04. The Balaban J connectivity index is 2.85. The summed E-state index contributed by atoms with van der Waals surface area (Å²) in [6, 6.07) is 5.72. The number of nitrogen functional groups attached to an aromatic ring is 1. The van der Waals surface area contributed by atoms with Crippen LogP contribution in [0.3, 0.4) is 0 Å². The fourth-order valence-corrected chi connectivity index (χ4v) is 2.53. The van der Waals surface area contributed by atoms with E-state index in [1.807, 2.05) is 6.92 Å². The predicted molar refractivity (Wildman–Crippen MR) is 87.9 cm³/mol. The number of ether oxygens (including phenoxy) is 3. The average Bonchev–Trinajstić information content (AvgIpc) is 2.56. The minimum absolute atomic E-state index is 0.433. The summed E-state index contributed by atoms with van der Waals surface area (Å²) in [5.41, 5.74) is 9.71. The summed E-state index contributed by atoms with van der Waals surface area (Å²) in [6.45, 7) is 3.59. The van der Waals surface area contributed by atoms with E-state index in [4.69, 9.17) is 19.9 Å². The molecule has 2 rings (SSSR count). The maximum absolute atomic E-state index is 9.50. The lowest BCUT2D eigenvalue weighted by atomic mass is 9.96. The molecule has 6 heteroatoms. The van der Waals surface area contributed by atoms with E-state index < -0.39 is 0 Å². The average molecular weight is 313 g/mol. The van der Waals surface area contributed by atoms with Crippen LogP contribution in [0.15, 0.2) is 12.1 Å². The number of nitrogens with zero attached hydrogens (tertiary/aromatic N) is 2. The molecule has 1 aromatic heterocycles. The molecule has 0 unspecified atom stereocenters. The molecule has 0 aliphatic carbocycles. The molecule has 0 saturated heterocycles. The zero-order valence-electron chi connectivity index (χ0n) is 13.9. The molecule has 0 fully saturated rings. The van der Waals surface area contributed by atoms with Crippen LogP contribution in [0.1, 0.15) is 17.0 Å². The van der Waals surface area contributed by atoms with E-state index in [9.17, 15) is 5.26 Å². The number of nitrogens with two attached hydrogens (primary N) is 1. The normalized spacial score (nSPS) is 10.1. The molecule has 1 aromatic carbocycles. The van der Waals surface area contributed by atoms with Gasteiger partial charge in [-0.2, -0.15) is 5.26 Å². The second-order valence-corrected chi connectivity index (χ2v) is 4.97. The van der Waals surface area contributed by atoms with Crippen molar-refractivity contribution in [2.45, 2.75) is 13.8 Å². The second kappa shape index (κ2) is 6.44. The van der Waals surface area contributed by atoms with E-state index in [2.05, 4.69) is 11.1 Å². The first-order chi connectivity index (χ1) is 11.0. The van der Waals surface area contributed by atoms with Crippen molar-refractivity contribution >= 4 is 5.69 Å². The highest BCUT2D eigenvalue weighted by molar-refractivity contribution is 5.85. The minimum Gasteiger partial charge on any atom is -0.493 e.